The molecule has 0 amide bonds. The predicted octanol–water partition coefficient (Wildman–Crippen LogP) is 35.2. The van der Waals surface area contributed by atoms with Crippen LogP contribution in [0, 0.1) is 90.0 Å². The van der Waals surface area contributed by atoms with E-state index in [4.69, 9.17) is 0 Å². The van der Waals surface area contributed by atoms with Crippen molar-refractivity contribution >= 4 is 160 Å². The van der Waals surface area contributed by atoms with Gasteiger partial charge in [-0.3, -0.25) is 0 Å². The normalized spacial score (nSPS) is 11.9. The molecule has 105 heavy (non-hydrogen) atoms. The minimum absolute atomic E-state index is 0.170. The molecule has 0 radical (unpaired) electrons. The topological polar surface area (TPSA) is 0 Å². The van der Waals surface area contributed by atoms with Gasteiger partial charge in [-0.15, -0.1) is 113 Å². The molecule has 10 heterocycles. The fraction of sp³-hybridized carbons (Fsp3) is 0.368. The number of hydrogen-bond donors (Lipinski definition) is 0. The van der Waals surface area contributed by atoms with Gasteiger partial charge in [0.2, 0.25) is 0 Å². The SMILES string of the molecule is Cc1cc(C)c(-c2c(C)sc3c(C)csc23)c(C)c1.Cc1sc2c(C)csc2c1-c1c(C(C)C)cc(C(C)C)cc1C(C)C.Cc1sc2c(C)csc2c1-c1ccc(C(C)C)cc1C(C)C.Cc1sc2c(C)csc2c1-c1ccccc1C(C)(C)C.Cc1sc2c(C)csc2c1-c1ccccc1C(C)C. The molecule has 0 unspecified atom stereocenters. The van der Waals surface area contributed by atoms with E-state index in [9.17, 15) is 0 Å². The van der Waals surface area contributed by atoms with Crippen LogP contribution in [-0.2, 0) is 5.41 Å². The van der Waals surface area contributed by atoms with Crippen LogP contribution in [-0.4, -0.2) is 0 Å². The van der Waals surface area contributed by atoms with Crippen molar-refractivity contribution < 1.29 is 0 Å². The van der Waals surface area contributed by atoms with Crippen LogP contribution in [0.2, 0.25) is 0 Å². The Labute approximate surface area is 670 Å². The van der Waals surface area contributed by atoms with Gasteiger partial charge in [-0.05, 0) is 264 Å². The lowest BCUT2D eigenvalue weighted by Gasteiger charge is -2.23. The van der Waals surface area contributed by atoms with E-state index >= 15 is 0 Å². The lowest BCUT2D eigenvalue weighted by atomic mass is 9.82. The molecule has 0 N–H and O–H groups in total. The number of hydrogen-bond acceptors (Lipinski definition) is 10. The van der Waals surface area contributed by atoms with Crippen molar-refractivity contribution in [3.05, 3.63) is 226 Å². The standard InChI is InChI=1S/C23H30S2.C20H24S2.C18H20S2.2C17H18S2/c1-12(2)17-9-18(13(3)4)21(19(10-17)14(5)6)20-16(8)25-22-15(7)11-24-23(20)22;1-11(2)15-7-8-16(17(9-15)12(3)4)18-14(6)22-19-13(5)10-21-20(18)19;1-11-10-19-17-15(12(2)20-16(11)17)13-8-6-7-9-14(13)18(3,4)5;1-9-6-10(2)14(11(3)7-9)15-13(5)19-16-12(4)8-18-17(15)16;1-10(2)13-7-5-6-8-14(13)15-12(4)19-16-11(3)9-18-17(15)16/h9-14H,1-8H3;7-12H,1-6H3;6-10H,1-5H3;6-8H,1-5H3;5-10H,1-4H3. The molecule has 0 fully saturated rings. The Morgan fingerprint density at radius 3 is 0.914 bits per heavy atom. The van der Waals surface area contributed by atoms with Crippen LogP contribution in [0.5, 0.6) is 0 Å². The molecule has 15 rings (SSSR count). The van der Waals surface area contributed by atoms with Gasteiger partial charge in [0.25, 0.3) is 0 Å². The van der Waals surface area contributed by atoms with Crippen LogP contribution in [0.25, 0.3) is 103 Å². The summed E-state index contributed by atoms with van der Waals surface area (Å²) in [6, 6.07) is 34.4. The Hall–Kier alpha value is -5.60. The molecular formula is C95H110S10. The summed E-state index contributed by atoms with van der Waals surface area (Å²) in [6.07, 6.45) is 0. The third-order valence-electron chi connectivity index (χ3n) is 20.6. The number of thiophene rings is 10. The second-order valence-electron chi connectivity index (χ2n) is 32.1. The Morgan fingerprint density at radius 1 is 0.248 bits per heavy atom. The Balaban J connectivity index is 0.000000132. The molecule has 0 saturated carbocycles. The number of aryl methyl sites for hydroxylation is 13. The second-order valence-corrected chi connectivity index (χ2v) is 42.6. The highest BCUT2D eigenvalue weighted by Crippen LogP contribution is 2.52. The van der Waals surface area contributed by atoms with Crippen molar-refractivity contribution in [2.45, 2.75) is 235 Å². The first kappa shape index (κ1) is 80.4. The van der Waals surface area contributed by atoms with E-state index in [0.717, 1.165) is 0 Å². The number of benzene rings is 5. The van der Waals surface area contributed by atoms with E-state index in [1.165, 1.54) is 210 Å². The zero-order valence-electron chi connectivity index (χ0n) is 67.6. The lowest BCUT2D eigenvalue weighted by molar-refractivity contribution is 0.592. The molecule has 0 nitrogen and oxygen atoms in total. The second kappa shape index (κ2) is 32.9. The molecule has 5 aromatic carbocycles. The monoisotopic (exact) mass is 1570 g/mol. The first-order valence-corrected chi connectivity index (χ1v) is 46.0. The summed E-state index contributed by atoms with van der Waals surface area (Å²) in [6.45, 7) is 63.7. The van der Waals surface area contributed by atoms with Crippen molar-refractivity contribution in [1.29, 1.82) is 0 Å². The molecule has 0 atom stereocenters. The van der Waals surface area contributed by atoms with E-state index in [1.807, 2.05) is 113 Å². The molecular weight excluding hydrogens is 1460 g/mol. The molecule has 10 heteroatoms. The first-order valence-electron chi connectivity index (χ1n) is 37.5. The van der Waals surface area contributed by atoms with Crippen molar-refractivity contribution in [3.63, 3.8) is 0 Å². The molecule has 0 aliphatic heterocycles. The van der Waals surface area contributed by atoms with E-state index in [1.54, 1.807) is 0 Å². The van der Waals surface area contributed by atoms with Crippen molar-refractivity contribution in [2.75, 3.05) is 0 Å². The minimum atomic E-state index is 0.170. The maximum atomic E-state index is 2.47. The highest BCUT2D eigenvalue weighted by Gasteiger charge is 2.27. The fourth-order valence-electron chi connectivity index (χ4n) is 15.0. The predicted molar refractivity (Wildman–Crippen MR) is 491 cm³/mol. The molecule has 15 aromatic rings. The summed E-state index contributed by atoms with van der Waals surface area (Å²) in [7, 11) is 0. The molecule has 0 bridgehead atoms. The van der Waals surface area contributed by atoms with Gasteiger partial charge in [-0.25, -0.2) is 0 Å². The van der Waals surface area contributed by atoms with Crippen LogP contribution in [0.4, 0.5) is 0 Å². The average Bonchev–Trinajstić information content (AvgIpc) is 1.65. The smallest absolute Gasteiger partial charge is 0.0534 e. The summed E-state index contributed by atoms with van der Waals surface area (Å²) in [5.41, 5.74) is 36.3. The number of fused-ring (bicyclic) bond motifs is 5. The fourth-order valence-corrected chi connectivity index (χ4v) is 27.5. The highest BCUT2D eigenvalue weighted by molar-refractivity contribution is 7.30. The van der Waals surface area contributed by atoms with Gasteiger partial charge in [-0.2, -0.15) is 0 Å². The minimum Gasteiger partial charge on any atom is -0.142 e. The summed E-state index contributed by atoms with van der Waals surface area (Å²) in [5, 5.41) is 11.5. The van der Waals surface area contributed by atoms with Gasteiger partial charge in [0.15, 0.2) is 0 Å². The summed E-state index contributed by atoms with van der Waals surface area (Å²) in [4.78, 5) is 7.24. The Kier molecular flexibility index (Phi) is 25.2. The van der Waals surface area contributed by atoms with Crippen LogP contribution in [0.1, 0.15) is 247 Å². The molecule has 0 saturated heterocycles. The molecule has 10 aromatic heterocycles. The van der Waals surface area contributed by atoms with Crippen LogP contribution >= 0.6 is 113 Å². The zero-order valence-corrected chi connectivity index (χ0v) is 75.8. The van der Waals surface area contributed by atoms with Crippen LogP contribution < -0.4 is 0 Å². The molecule has 0 aliphatic rings. The third kappa shape index (κ3) is 16.4. The summed E-state index contributed by atoms with van der Waals surface area (Å²) >= 11 is 19.2. The summed E-state index contributed by atoms with van der Waals surface area (Å²) in [5.74, 6) is 3.31. The largest absolute Gasteiger partial charge is 0.142 e. The Morgan fingerprint density at radius 2 is 0.552 bits per heavy atom. The first-order chi connectivity index (χ1) is 49.6. The highest BCUT2D eigenvalue weighted by atomic mass is 32.1. The van der Waals surface area contributed by atoms with Crippen LogP contribution in [0.3, 0.4) is 0 Å². The van der Waals surface area contributed by atoms with E-state index in [2.05, 4.69) is 312 Å². The van der Waals surface area contributed by atoms with Gasteiger partial charge in [0.05, 0.1) is 23.5 Å². The third-order valence-corrected chi connectivity index (χ3v) is 33.0. The molecule has 550 valence electrons. The lowest BCUT2D eigenvalue weighted by Crippen LogP contribution is -2.12. The van der Waals surface area contributed by atoms with Crippen molar-refractivity contribution in [1.82, 2.24) is 0 Å². The van der Waals surface area contributed by atoms with Gasteiger partial charge < -0.3 is 0 Å². The number of rotatable bonds is 11. The van der Waals surface area contributed by atoms with Gasteiger partial charge in [0, 0.05) is 75.7 Å². The summed E-state index contributed by atoms with van der Waals surface area (Å²) < 4.78 is 14.7. The average molecular weight is 1570 g/mol. The zero-order chi connectivity index (χ0) is 76.3. The van der Waals surface area contributed by atoms with Crippen molar-refractivity contribution in [3.8, 4) is 55.6 Å². The van der Waals surface area contributed by atoms with Gasteiger partial charge in [-0.1, -0.05) is 200 Å². The van der Waals surface area contributed by atoms with Gasteiger partial charge in [0.1, 0.15) is 0 Å². The quantitative estimate of drug-likeness (QED) is 0.121. The molecule has 0 aliphatic carbocycles. The van der Waals surface area contributed by atoms with Gasteiger partial charge >= 0.3 is 0 Å². The van der Waals surface area contributed by atoms with E-state index in [-0.39, 0.29) is 5.41 Å². The van der Waals surface area contributed by atoms with E-state index < -0.39 is 0 Å². The van der Waals surface area contributed by atoms with Crippen LogP contribution in [0.15, 0.2) is 118 Å². The van der Waals surface area contributed by atoms with E-state index in [0.29, 0.717) is 35.5 Å². The maximum Gasteiger partial charge on any atom is 0.0534 e. The van der Waals surface area contributed by atoms with Crippen molar-refractivity contribution in [2.24, 2.45) is 0 Å². The Bertz CT molecular complexity index is 5530. The maximum absolute atomic E-state index is 2.47. The molecule has 0 spiro atoms.